The summed E-state index contributed by atoms with van der Waals surface area (Å²) < 4.78 is 0. The van der Waals surface area contributed by atoms with Crippen molar-refractivity contribution in [2.45, 2.75) is 90.1 Å². The molecule has 7 nitrogen and oxygen atoms in total. The Hall–Kier alpha value is -2.67. The first-order valence-electron chi connectivity index (χ1n) is 14.5. The van der Waals surface area contributed by atoms with Crippen molar-refractivity contribution in [2.24, 2.45) is 17.3 Å². The SMILES string of the molecule is CCCc1ccc(O)cc1C12CCN(CC3CC3)C(C)C1(C)CCC2C(C)N(C)C(=O)c1cc(=O)[nH]cn1. The molecule has 5 atom stereocenters. The number of hydrogen-bond acceptors (Lipinski definition) is 5. The van der Waals surface area contributed by atoms with Crippen LogP contribution >= 0.6 is 0 Å². The molecule has 206 valence electrons. The van der Waals surface area contributed by atoms with E-state index >= 15 is 0 Å². The lowest BCUT2D eigenvalue weighted by Crippen LogP contribution is -2.63. The van der Waals surface area contributed by atoms with E-state index in [1.165, 1.54) is 42.9 Å². The summed E-state index contributed by atoms with van der Waals surface area (Å²) in [7, 11) is 1.85. The van der Waals surface area contributed by atoms with E-state index in [4.69, 9.17) is 0 Å². The third-order valence-corrected chi connectivity index (χ3v) is 10.6. The smallest absolute Gasteiger partial charge is 0.272 e. The minimum absolute atomic E-state index is 0.00137. The van der Waals surface area contributed by atoms with Crippen molar-refractivity contribution >= 4 is 5.91 Å². The summed E-state index contributed by atoms with van der Waals surface area (Å²) in [6.45, 7) is 11.5. The molecule has 1 aliphatic heterocycles. The Balaban J connectivity index is 1.59. The minimum Gasteiger partial charge on any atom is -0.508 e. The third kappa shape index (κ3) is 4.37. The average molecular weight is 521 g/mol. The summed E-state index contributed by atoms with van der Waals surface area (Å²) in [5.41, 5.74) is 2.28. The largest absolute Gasteiger partial charge is 0.508 e. The predicted molar refractivity (Wildman–Crippen MR) is 149 cm³/mol. The number of aromatic amines is 1. The van der Waals surface area contributed by atoms with Crippen LogP contribution in [0.15, 0.2) is 35.4 Å². The fourth-order valence-corrected chi connectivity index (χ4v) is 8.08. The fourth-order valence-electron chi connectivity index (χ4n) is 8.08. The Kier molecular flexibility index (Phi) is 7.18. The summed E-state index contributed by atoms with van der Waals surface area (Å²) in [4.78, 5) is 36.6. The van der Waals surface area contributed by atoms with Crippen LogP contribution in [0.25, 0.3) is 0 Å². The number of aromatic nitrogens is 2. The van der Waals surface area contributed by atoms with Gasteiger partial charge in [0, 0.05) is 37.2 Å². The van der Waals surface area contributed by atoms with Crippen LogP contribution in [0.1, 0.15) is 87.8 Å². The van der Waals surface area contributed by atoms with Crippen LogP contribution in [0.2, 0.25) is 0 Å². The van der Waals surface area contributed by atoms with Crippen LogP contribution in [0.4, 0.5) is 0 Å². The zero-order chi connectivity index (χ0) is 27.2. The van der Waals surface area contributed by atoms with Crippen LogP contribution in [0.3, 0.4) is 0 Å². The second-order valence-electron chi connectivity index (χ2n) is 12.4. The molecule has 1 saturated heterocycles. The second kappa shape index (κ2) is 10.1. The number of carbonyl (C=O) groups is 1. The Labute approximate surface area is 226 Å². The first kappa shape index (κ1) is 26.9. The fraction of sp³-hybridized carbons (Fsp3) is 0.645. The summed E-state index contributed by atoms with van der Waals surface area (Å²) in [6.07, 6.45) is 9.12. The maximum atomic E-state index is 13.5. The normalized spacial score (nSPS) is 30.1. The van der Waals surface area contributed by atoms with Crippen molar-refractivity contribution in [1.29, 1.82) is 0 Å². The van der Waals surface area contributed by atoms with Gasteiger partial charge in [-0.2, -0.15) is 0 Å². The van der Waals surface area contributed by atoms with Crippen molar-refractivity contribution in [2.75, 3.05) is 20.1 Å². The zero-order valence-electron chi connectivity index (χ0n) is 23.7. The van der Waals surface area contributed by atoms with Gasteiger partial charge in [-0.3, -0.25) is 14.5 Å². The lowest BCUT2D eigenvalue weighted by atomic mass is 9.51. The molecule has 1 aromatic carbocycles. The molecule has 2 aliphatic carbocycles. The number of likely N-dealkylation sites (tertiary alicyclic amines) is 1. The highest BCUT2D eigenvalue weighted by atomic mass is 16.3. The number of nitrogens with one attached hydrogen (secondary N) is 1. The van der Waals surface area contributed by atoms with E-state index in [9.17, 15) is 14.7 Å². The summed E-state index contributed by atoms with van der Waals surface area (Å²) >= 11 is 0. The molecule has 0 bridgehead atoms. The van der Waals surface area contributed by atoms with Crippen LogP contribution in [0, 0.1) is 17.3 Å². The predicted octanol–water partition coefficient (Wildman–Crippen LogP) is 4.75. The number of carbonyl (C=O) groups excluding carboxylic acids is 1. The number of amides is 1. The highest BCUT2D eigenvalue weighted by Gasteiger charge is 2.65. The van der Waals surface area contributed by atoms with Crippen molar-refractivity contribution in [3.63, 3.8) is 0 Å². The molecule has 38 heavy (non-hydrogen) atoms. The van der Waals surface area contributed by atoms with Gasteiger partial charge in [-0.1, -0.05) is 26.3 Å². The standard InChI is InChI=1S/C31H44N4O3/c1-6-7-23-10-11-24(36)16-26(23)31-14-15-35(18-22-8-9-22)21(3)30(31,4)13-12-25(31)20(2)34(5)29(38)27-17-28(37)33-19-32-27/h10-11,16-17,19-22,25,36H,6-9,12-15,18H2,1-5H3,(H,32,33,37). The van der Waals surface area contributed by atoms with Crippen LogP contribution < -0.4 is 5.56 Å². The van der Waals surface area contributed by atoms with Crippen molar-refractivity contribution in [1.82, 2.24) is 19.8 Å². The molecule has 2 aromatic rings. The first-order valence-corrected chi connectivity index (χ1v) is 14.5. The summed E-state index contributed by atoms with van der Waals surface area (Å²) in [6, 6.07) is 7.62. The number of aromatic hydroxyl groups is 1. The van der Waals surface area contributed by atoms with E-state index in [2.05, 4.69) is 48.6 Å². The van der Waals surface area contributed by atoms with Gasteiger partial charge in [-0.05, 0) is 99.4 Å². The van der Waals surface area contributed by atoms with Gasteiger partial charge >= 0.3 is 0 Å². The topological polar surface area (TPSA) is 89.5 Å². The van der Waals surface area contributed by atoms with Crippen LogP contribution in [0.5, 0.6) is 5.75 Å². The number of nitrogens with zero attached hydrogens (tertiary/aromatic N) is 3. The zero-order valence-corrected chi connectivity index (χ0v) is 23.7. The van der Waals surface area contributed by atoms with Crippen molar-refractivity contribution in [3.05, 3.63) is 57.8 Å². The molecular formula is C31H44N4O3. The molecule has 0 spiro atoms. The molecule has 2 saturated carbocycles. The third-order valence-electron chi connectivity index (χ3n) is 10.6. The lowest BCUT2D eigenvalue weighted by Gasteiger charge is -2.59. The summed E-state index contributed by atoms with van der Waals surface area (Å²) in [5, 5.41) is 10.8. The van der Waals surface area contributed by atoms with Crippen molar-refractivity contribution < 1.29 is 9.90 Å². The molecule has 5 unspecified atom stereocenters. The number of fused-ring (bicyclic) bond motifs is 1. The van der Waals surface area contributed by atoms with E-state index in [1.807, 2.05) is 19.2 Å². The molecule has 3 aliphatic rings. The molecule has 7 heteroatoms. The minimum atomic E-state index is -0.324. The number of benzene rings is 1. The van der Waals surface area contributed by atoms with E-state index in [1.54, 1.807) is 4.90 Å². The number of piperidine rings is 1. The van der Waals surface area contributed by atoms with E-state index in [0.717, 1.165) is 44.6 Å². The van der Waals surface area contributed by atoms with Gasteiger partial charge in [0.05, 0.1) is 6.33 Å². The van der Waals surface area contributed by atoms with E-state index in [-0.39, 0.29) is 40.0 Å². The number of aryl methyl sites for hydroxylation is 1. The van der Waals surface area contributed by atoms with E-state index in [0.29, 0.717) is 11.8 Å². The van der Waals surface area contributed by atoms with Gasteiger partial charge in [0.25, 0.3) is 11.5 Å². The maximum absolute atomic E-state index is 13.5. The number of phenolic OH excluding ortho intramolecular Hbond substituents is 1. The monoisotopic (exact) mass is 520 g/mol. The van der Waals surface area contributed by atoms with E-state index < -0.39 is 0 Å². The number of phenols is 1. The molecule has 2 heterocycles. The van der Waals surface area contributed by atoms with Gasteiger partial charge in [0.15, 0.2) is 0 Å². The highest BCUT2D eigenvalue weighted by molar-refractivity contribution is 5.92. The molecule has 2 N–H and O–H groups in total. The molecule has 1 amide bonds. The van der Waals surface area contributed by atoms with Crippen LogP contribution in [-0.2, 0) is 11.8 Å². The molecule has 1 aromatic heterocycles. The van der Waals surface area contributed by atoms with Crippen LogP contribution in [-0.4, -0.2) is 63.0 Å². The van der Waals surface area contributed by atoms with Gasteiger partial charge in [0.1, 0.15) is 11.4 Å². The number of hydrogen-bond donors (Lipinski definition) is 2. The first-order chi connectivity index (χ1) is 18.1. The van der Waals surface area contributed by atoms with Crippen molar-refractivity contribution in [3.8, 4) is 5.75 Å². The Morgan fingerprint density at radius 1 is 1.26 bits per heavy atom. The lowest BCUT2D eigenvalue weighted by molar-refractivity contribution is -0.0456. The molecule has 0 radical (unpaired) electrons. The Bertz CT molecular complexity index is 1240. The number of H-pyrrole nitrogens is 1. The van der Waals surface area contributed by atoms with Gasteiger partial charge in [-0.15, -0.1) is 0 Å². The maximum Gasteiger partial charge on any atom is 0.272 e. The highest BCUT2D eigenvalue weighted by Crippen LogP contribution is 2.65. The summed E-state index contributed by atoms with van der Waals surface area (Å²) in [5.74, 6) is 1.15. The average Bonchev–Trinajstić information content (AvgIpc) is 3.66. The Morgan fingerprint density at radius 2 is 2.03 bits per heavy atom. The number of rotatable bonds is 8. The van der Waals surface area contributed by atoms with Gasteiger partial charge in [0.2, 0.25) is 0 Å². The molecular weight excluding hydrogens is 476 g/mol. The quantitative estimate of drug-likeness (QED) is 0.525. The Morgan fingerprint density at radius 3 is 2.71 bits per heavy atom. The molecule has 5 rings (SSSR count). The van der Waals surface area contributed by atoms with Gasteiger partial charge < -0.3 is 15.0 Å². The molecule has 3 fully saturated rings. The van der Waals surface area contributed by atoms with Gasteiger partial charge in [-0.25, -0.2) is 4.98 Å². The second-order valence-corrected chi connectivity index (χ2v) is 12.4.